The first-order valence-electron chi connectivity index (χ1n) is 3.84. The van der Waals surface area contributed by atoms with Crippen molar-refractivity contribution in [2.75, 3.05) is 7.11 Å². The van der Waals surface area contributed by atoms with Crippen LogP contribution >= 0.6 is 0 Å². The van der Waals surface area contributed by atoms with Gasteiger partial charge in [0.15, 0.2) is 11.3 Å². The fraction of sp³-hybridized carbons (Fsp3) is 0.375. The van der Waals surface area contributed by atoms with Crippen molar-refractivity contribution in [3.63, 3.8) is 0 Å². The average Bonchev–Trinajstić information content (AvgIpc) is 2.15. The molecule has 0 spiro atoms. The number of aromatic nitrogens is 2. The van der Waals surface area contributed by atoms with Gasteiger partial charge in [-0.3, -0.25) is 4.79 Å². The number of aromatic hydroxyl groups is 1. The Hall–Kier alpha value is -1.85. The number of ether oxygens (including phenoxy) is 1. The van der Waals surface area contributed by atoms with E-state index < -0.39 is 17.3 Å². The molecule has 1 heterocycles. The van der Waals surface area contributed by atoms with Crippen LogP contribution in [0.5, 0.6) is 5.75 Å². The molecule has 6 heteroatoms. The van der Waals surface area contributed by atoms with E-state index in [1.807, 2.05) is 0 Å². The summed E-state index contributed by atoms with van der Waals surface area (Å²) < 4.78 is 5.34. The Bertz CT molecular complexity index is 436. The molecule has 0 saturated heterocycles. The van der Waals surface area contributed by atoms with Gasteiger partial charge < -0.3 is 9.84 Å². The van der Waals surface area contributed by atoms with Gasteiger partial charge in [-0.15, -0.1) is 0 Å². The van der Waals surface area contributed by atoms with Crippen molar-refractivity contribution in [3.8, 4) is 5.75 Å². The quantitative estimate of drug-likeness (QED) is 0.620. The van der Waals surface area contributed by atoms with Crippen LogP contribution in [0.15, 0.2) is 4.79 Å². The van der Waals surface area contributed by atoms with Crippen LogP contribution in [0.1, 0.15) is 16.1 Å². The highest BCUT2D eigenvalue weighted by molar-refractivity contribution is 5.92. The first-order valence-corrected chi connectivity index (χ1v) is 3.84. The molecule has 0 atom stereocenters. The second-order valence-corrected chi connectivity index (χ2v) is 2.73. The van der Waals surface area contributed by atoms with Crippen molar-refractivity contribution in [1.29, 1.82) is 0 Å². The molecule has 0 fully saturated rings. The minimum Gasteiger partial charge on any atom is -0.505 e. The monoisotopic (exact) mass is 198 g/mol. The van der Waals surface area contributed by atoms with Crippen LogP contribution < -0.4 is 5.56 Å². The number of aryl methyl sites for hydroxylation is 2. The number of methoxy groups -OCH3 is 1. The fourth-order valence-corrected chi connectivity index (χ4v) is 1.05. The normalized spacial score (nSPS) is 9.93. The molecule has 14 heavy (non-hydrogen) atoms. The highest BCUT2D eigenvalue weighted by Crippen LogP contribution is 2.16. The first kappa shape index (κ1) is 10.2. The summed E-state index contributed by atoms with van der Waals surface area (Å²) in [7, 11) is 2.53. The summed E-state index contributed by atoms with van der Waals surface area (Å²) in [5, 5.41) is 13.1. The lowest BCUT2D eigenvalue weighted by Gasteiger charge is -2.05. The van der Waals surface area contributed by atoms with Crippen molar-refractivity contribution in [1.82, 2.24) is 9.78 Å². The van der Waals surface area contributed by atoms with Crippen LogP contribution in [0.2, 0.25) is 0 Å². The van der Waals surface area contributed by atoms with E-state index in [4.69, 9.17) is 0 Å². The highest BCUT2D eigenvalue weighted by atomic mass is 16.5. The Morgan fingerprint density at radius 3 is 2.64 bits per heavy atom. The smallest absolute Gasteiger partial charge is 0.347 e. The van der Waals surface area contributed by atoms with E-state index in [1.54, 1.807) is 0 Å². The molecule has 0 bridgehead atoms. The summed E-state index contributed by atoms with van der Waals surface area (Å²) in [6, 6.07) is 0. The topological polar surface area (TPSA) is 81.4 Å². The predicted molar refractivity (Wildman–Crippen MR) is 47.2 cm³/mol. The van der Waals surface area contributed by atoms with Crippen LogP contribution in [0.25, 0.3) is 0 Å². The third-order valence-corrected chi connectivity index (χ3v) is 1.78. The van der Waals surface area contributed by atoms with E-state index in [1.165, 1.54) is 14.0 Å². The van der Waals surface area contributed by atoms with Crippen molar-refractivity contribution < 1.29 is 14.6 Å². The maximum absolute atomic E-state index is 11.4. The van der Waals surface area contributed by atoms with Crippen LogP contribution in [0.3, 0.4) is 0 Å². The van der Waals surface area contributed by atoms with Gasteiger partial charge in [-0.2, -0.15) is 5.10 Å². The second kappa shape index (κ2) is 3.49. The first-order chi connectivity index (χ1) is 6.49. The Balaban J connectivity index is 3.56. The number of rotatable bonds is 1. The molecule has 0 aliphatic rings. The van der Waals surface area contributed by atoms with E-state index >= 15 is 0 Å². The summed E-state index contributed by atoms with van der Waals surface area (Å²) in [6.45, 7) is 1.49. The minimum atomic E-state index is -0.867. The maximum Gasteiger partial charge on any atom is 0.347 e. The van der Waals surface area contributed by atoms with Gasteiger partial charge in [0.25, 0.3) is 5.56 Å². The van der Waals surface area contributed by atoms with Crippen LogP contribution in [-0.2, 0) is 11.8 Å². The third-order valence-electron chi connectivity index (χ3n) is 1.78. The second-order valence-electron chi connectivity index (χ2n) is 2.73. The predicted octanol–water partition coefficient (Wildman–Crippen LogP) is -0.419. The molecule has 6 nitrogen and oxygen atoms in total. The number of nitrogens with zero attached hydrogens (tertiary/aromatic N) is 2. The van der Waals surface area contributed by atoms with Gasteiger partial charge in [0.1, 0.15) is 5.69 Å². The molecule has 1 aromatic heterocycles. The standard InChI is InChI=1S/C8H10N2O4/c1-4-6(11)5(8(13)14-3)7(12)10(2)9-4/h11H,1-3H3. The molecule has 0 aliphatic carbocycles. The summed E-state index contributed by atoms with van der Waals surface area (Å²) in [5.41, 5.74) is -0.866. The number of carbonyl (C=O) groups is 1. The molecule has 0 radical (unpaired) electrons. The summed E-state index contributed by atoms with van der Waals surface area (Å²) >= 11 is 0. The molecular formula is C8H10N2O4. The Morgan fingerprint density at radius 2 is 2.14 bits per heavy atom. The molecule has 0 unspecified atom stereocenters. The van der Waals surface area contributed by atoms with Gasteiger partial charge in [0.2, 0.25) is 0 Å². The summed E-state index contributed by atoms with van der Waals surface area (Å²) in [5.74, 6) is -1.30. The number of hydrogen-bond acceptors (Lipinski definition) is 5. The van der Waals surface area contributed by atoms with E-state index in [2.05, 4.69) is 9.84 Å². The zero-order valence-corrected chi connectivity index (χ0v) is 8.07. The van der Waals surface area contributed by atoms with Gasteiger partial charge in [-0.05, 0) is 6.92 Å². The average molecular weight is 198 g/mol. The fourth-order valence-electron chi connectivity index (χ4n) is 1.05. The highest BCUT2D eigenvalue weighted by Gasteiger charge is 2.20. The molecule has 0 aliphatic heterocycles. The van der Waals surface area contributed by atoms with Gasteiger partial charge in [-0.25, -0.2) is 9.48 Å². The minimum absolute atomic E-state index is 0.201. The Labute approximate surface area is 79.7 Å². The zero-order valence-electron chi connectivity index (χ0n) is 8.07. The van der Waals surface area contributed by atoms with E-state index in [-0.39, 0.29) is 11.3 Å². The molecule has 1 rings (SSSR count). The Morgan fingerprint density at radius 1 is 1.57 bits per heavy atom. The largest absolute Gasteiger partial charge is 0.505 e. The molecule has 1 N–H and O–H groups in total. The molecule has 1 aromatic rings. The van der Waals surface area contributed by atoms with Gasteiger partial charge in [0.05, 0.1) is 7.11 Å². The summed E-state index contributed by atoms with van der Waals surface area (Å²) in [4.78, 5) is 22.5. The number of esters is 1. The molecule has 76 valence electrons. The lowest BCUT2D eigenvalue weighted by atomic mass is 10.2. The lowest BCUT2D eigenvalue weighted by Crippen LogP contribution is -2.27. The van der Waals surface area contributed by atoms with Gasteiger partial charge in [-0.1, -0.05) is 0 Å². The number of hydrogen-bond donors (Lipinski definition) is 1. The van der Waals surface area contributed by atoms with Gasteiger partial charge >= 0.3 is 5.97 Å². The van der Waals surface area contributed by atoms with Crippen molar-refractivity contribution in [2.45, 2.75) is 6.92 Å². The summed E-state index contributed by atoms with van der Waals surface area (Å²) in [6.07, 6.45) is 0. The molecular weight excluding hydrogens is 188 g/mol. The SMILES string of the molecule is COC(=O)c1c(O)c(C)nn(C)c1=O. The van der Waals surface area contributed by atoms with Crippen molar-refractivity contribution in [2.24, 2.45) is 7.05 Å². The van der Waals surface area contributed by atoms with E-state index in [9.17, 15) is 14.7 Å². The molecule has 0 saturated carbocycles. The van der Waals surface area contributed by atoms with E-state index in [0.717, 1.165) is 11.8 Å². The lowest BCUT2D eigenvalue weighted by molar-refractivity contribution is 0.0593. The molecule has 0 aromatic carbocycles. The van der Waals surface area contributed by atoms with Crippen LogP contribution in [-0.4, -0.2) is 28.0 Å². The van der Waals surface area contributed by atoms with Gasteiger partial charge in [0, 0.05) is 7.05 Å². The zero-order chi connectivity index (χ0) is 10.9. The third kappa shape index (κ3) is 1.46. The van der Waals surface area contributed by atoms with Crippen molar-refractivity contribution >= 4 is 5.97 Å². The number of carbonyl (C=O) groups excluding carboxylic acids is 1. The van der Waals surface area contributed by atoms with Crippen LogP contribution in [0, 0.1) is 6.92 Å². The molecule has 0 amide bonds. The maximum atomic E-state index is 11.4. The Kier molecular flexibility index (Phi) is 2.55. The van der Waals surface area contributed by atoms with E-state index in [0.29, 0.717) is 0 Å². The van der Waals surface area contributed by atoms with Crippen molar-refractivity contribution in [3.05, 3.63) is 21.6 Å². The van der Waals surface area contributed by atoms with Crippen LogP contribution in [0.4, 0.5) is 0 Å².